The maximum Gasteiger partial charge on any atom is 0.418 e. The zero-order chi connectivity index (χ0) is 32.8. The molecule has 3 amide bonds. The molecule has 3 fully saturated rings. The highest BCUT2D eigenvalue weighted by Gasteiger charge is 2.44. The summed E-state index contributed by atoms with van der Waals surface area (Å²) < 4.78 is 47.1. The molecule has 3 heterocycles. The van der Waals surface area contributed by atoms with Gasteiger partial charge in [0.1, 0.15) is 0 Å². The molecule has 2 aromatic rings. The number of fused-ring (bicyclic) bond motifs is 2. The molecule has 1 spiro atoms. The highest BCUT2D eigenvalue weighted by atomic mass is 35.5. The molecule has 3 N–H and O–H groups in total. The van der Waals surface area contributed by atoms with Crippen molar-refractivity contribution in [1.29, 1.82) is 0 Å². The molecule has 1 atom stereocenters. The molecule has 6 rings (SSSR count). The van der Waals surface area contributed by atoms with Crippen LogP contribution in [0.3, 0.4) is 0 Å². The van der Waals surface area contributed by atoms with Crippen LogP contribution in [0.2, 0.25) is 5.02 Å². The van der Waals surface area contributed by atoms with Crippen LogP contribution < -0.4 is 11.1 Å². The van der Waals surface area contributed by atoms with Gasteiger partial charge in [-0.2, -0.15) is 13.2 Å². The van der Waals surface area contributed by atoms with Crippen molar-refractivity contribution in [3.8, 4) is 0 Å². The van der Waals surface area contributed by atoms with Crippen molar-refractivity contribution >= 4 is 40.9 Å². The van der Waals surface area contributed by atoms with Gasteiger partial charge < -0.3 is 30.5 Å². The number of anilines is 2. The van der Waals surface area contributed by atoms with Crippen LogP contribution in [0.4, 0.5) is 29.3 Å². The van der Waals surface area contributed by atoms with Crippen molar-refractivity contribution in [3.05, 3.63) is 58.1 Å². The molecule has 46 heavy (non-hydrogen) atoms. The van der Waals surface area contributed by atoms with Crippen molar-refractivity contribution < 1.29 is 32.3 Å². The van der Waals surface area contributed by atoms with E-state index in [1.165, 1.54) is 23.8 Å². The summed E-state index contributed by atoms with van der Waals surface area (Å²) in [7, 11) is 2.11. The Bertz CT molecular complexity index is 1500. The number of nitrogens with one attached hydrogen (secondary N) is 1. The lowest BCUT2D eigenvalue weighted by molar-refractivity contribution is -0.142. The fraction of sp³-hybridized carbons (Fsp3) is 0.545. The van der Waals surface area contributed by atoms with Crippen molar-refractivity contribution in [1.82, 2.24) is 14.7 Å². The molecular formula is C33H39ClF3N5O4. The van der Waals surface area contributed by atoms with Gasteiger partial charge in [0, 0.05) is 62.2 Å². The standard InChI is InChI=1S/C33H39ClF3N5O4/c1-40(21-6-7-21)22-8-12-41(13-9-22)30(44)27(18-20-16-24(33(35,36)37)29(38)25(34)17-20)46-31(45)42-14-10-32(11-15-42)19-28(43)39-26-5-3-2-4-23(26)32/h2-5,16-17,21-22,27H,6-15,18-19,38H2,1H3,(H,39,43)/t27-/m1/s1. The first kappa shape index (κ1) is 32.4. The molecule has 0 unspecified atom stereocenters. The smallest absolute Gasteiger partial charge is 0.418 e. The molecule has 0 radical (unpaired) electrons. The number of nitrogens with zero attached hydrogens (tertiary/aromatic N) is 3. The van der Waals surface area contributed by atoms with Crippen molar-refractivity contribution in [3.63, 3.8) is 0 Å². The van der Waals surface area contributed by atoms with Gasteiger partial charge in [0.2, 0.25) is 5.91 Å². The minimum Gasteiger partial charge on any atom is -0.436 e. The third kappa shape index (κ3) is 6.64. The van der Waals surface area contributed by atoms with E-state index in [9.17, 15) is 27.6 Å². The number of carbonyl (C=O) groups excluding carboxylic acids is 3. The van der Waals surface area contributed by atoms with Gasteiger partial charge in [0.25, 0.3) is 5.91 Å². The molecule has 0 aromatic heterocycles. The summed E-state index contributed by atoms with van der Waals surface area (Å²) in [6.07, 6.45) is -1.90. The topological polar surface area (TPSA) is 108 Å². The maximum atomic E-state index is 13.9. The lowest BCUT2D eigenvalue weighted by Crippen LogP contribution is -2.52. The minimum atomic E-state index is -4.76. The predicted molar refractivity (Wildman–Crippen MR) is 167 cm³/mol. The first-order valence-electron chi connectivity index (χ1n) is 15.9. The number of halogens is 4. The molecule has 248 valence electrons. The van der Waals surface area contributed by atoms with Crippen LogP contribution >= 0.6 is 11.6 Å². The van der Waals surface area contributed by atoms with E-state index in [0.29, 0.717) is 57.5 Å². The maximum absolute atomic E-state index is 13.9. The SMILES string of the molecule is CN(C1CC1)C1CCN(C(=O)[C@@H](Cc2cc(Cl)c(N)c(C(F)(F)F)c2)OC(=O)N2CCC3(CC2)CC(=O)Nc2ccccc23)CC1. The van der Waals surface area contributed by atoms with Crippen LogP contribution in [0, 0.1) is 0 Å². The molecule has 2 aromatic carbocycles. The Balaban J connectivity index is 1.18. The number of amides is 3. The van der Waals surface area contributed by atoms with Crippen molar-refractivity contribution in [2.45, 2.75) is 81.1 Å². The lowest BCUT2D eigenvalue weighted by Gasteiger charge is -2.44. The summed E-state index contributed by atoms with van der Waals surface area (Å²) >= 11 is 6.09. The Morgan fingerprint density at radius 1 is 1.07 bits per heavy atom. The van der Waals surface area contributed by atoms with Crippen LogP contribution in [0.15, 0.2) is 36.4 Å². The molecule has 0 bridgehead atoms. The zero-order valence-electron chi connectivity index (χ0n) is 25.7. The van der Waals surface area contributed by atoms with Gasteiger partial charge >= 0.3 is 12.3 Å². The monoisotopic (exact) mass is 661 g/mol. The average Bonchev–Trinajstić information content (AvgIpc) is 3.87. The number of rotatable bonds is 6. The van der Waals surface area contributed by atoms with Gasteiger partial charge in [-0.25, -0.2) is 4.79 Å². The predicted octanol–water partition coefficient (Wildman–Crippen LogP) is 5.45. The fourth-order valence-corrected chi connectivity index (χ4v) is 7.55. The summed E-state index contributed by atoms with van der Waals surface area (Å²) in [5.41, 5.74) is 5.41. The third-order valence-corrected chi connectivity index (χ3v) is 10.5. The summed E-state index contributed by atoms with van der Waals surface area (Å²) in [5.74, 6) is -0.526. The molecule has 1 aliphatic carbocycles. The second-order valence-electron chi connectivity index (χ2n) is 13.1. The summed E-state index contributed by atoms with van der Waals surface area (Å²) in [6.45, 7) is 1.51. The van der Waals surface area contributed by atoms with E-state index in [1.807, 2.05) is 24.3 Å². The molecule has 13 heteroatoms. The van der Waals surface area contributed by atoms with E-state index in [2.05, 4.69) is 17.3 Å². The molecule has 2 saturated heterocycles. The Morgan fingerprint density at radius 2 is 1.72 bits per heavy atom. The largest absolute Gasteiger partial charge is 0.436 e. The molecule has 9 nitrogen and oxygen atoms in total. The fourth-order valence-electron chi connectivity index (χ4n) is 7.31. The number of benzene rings is 2. The molecular weight excluding hydrogens is 623 g/mol. The van der Waals surface area contributed by atoms with E-state index in [4.69, 9.17) is 22.1 Å². The second-order valence-corrected chi connectivity index (χ2v) is 13.5. The average molecular weight is 662 g/mol. The Kier molecular flexibility index (Phi) is 8.88. The quantitative estimate of drug-likeness (QED) is 0.399. The number of ether oxygens (including phenoxy) is 1. The van der Waals surface area contributed by atoms with Crippen LogP contribution in [-0.4, -0.2) is 84.0 Å². The van der Waals surface area contributed by atoms with Crippen LogP contribution in [0.25, 0.3) is 0 Å². The van der Waals surface area contributed by atoms with Gasteiger partial charge in [-0.05, 0) is 74.9 Å². The van der Waals surface area contributed by atoms with Gasteiger partial charge in [0.15, 0.2) is 6.10 Å². The second kappa shape index (κ2) is 12.6. The normalized spacial score (nSPS) is 20.8. The van der Waals surface area contributed by atoms with E-state index < -0.39 is 40.9 Å². The van der Waals surface area contributed by atoms with Crippen molar-refractivity contribution in [2.75, 3.05) is 44.3 Å². The number of nitrogen functional groups attached to an aromatic ring is 1. The number of carbonyl (C=O) groups is 3. The van der Waals surface area contributed by atoms with Gasteiger partial charge in [-0.1, -0.05) is 29.8 Å². The minimum absolute atomic E-state index is 0.0760. The Labute approximate surface area is 271 Å². The third-order valence-electron chi connectivity index (χ3n) is 10.2. The Hall–Kier alpha value is -3.51. The van der Waals surface area contributed by atoms with Crippen LogP contribution in [-0.2, 0) is 32.3 Å². The van der Waals surface area contributed by atoms with Crippen molar-refractivity contribution in [2.24, 2.45) is 0 Å². The van der Waals surface area contributed by atoms with Crippen LogP contribution in [0.5, 0.6) is 0 Å². The number of hydrogen-bond acceptors (Lipinski definition) is 6. The van der Waals surface area contributed by atoms with Gasteiger partial charge in [-0.3, -0.25) is 9.59 Å². The number of piperidine rings is 2. The van der Waals surface area contributed by atoms with E-state index >= 15 is 0 Å². The number of likely N-dealkylation sites (tertiary alicyclic amines) is 2. The number of nitrogens with two attached hydrogens (primary N) is 1. The highest BCUT2D eigenvalue weighted by Crippen LogP contribution is 2.45. The molecule has 4 aliphatic rings. The lowest BCUT2D eigenvalue weighted by atomic mass is 9.68. The zero-order valence-corrected chi connectivity index (χ0v) is 26.5. The van der Waals surface area contributed by atoms with E-state index in [1.54, 1.807) is 4.90 Å². The number of hydrogen-bond donors (Lipinski definition) is 2. The van der Waals surface area contributed by atoms with Gasteiger partial charge in [-0.15, -0.1) is 0 Å². The number of para-hydroxylation sites is 1. The molecule has 1 saturated carbocycles. The van der Waals surface area contributed by atoms with E-state index in [-0.39, 0.29) is 22.9 Å². The first-order valence-corrected chi connectivity index (χ1v) is 16.2. The van der Waals surface area contributed by atoms with Gasteiger partial charge in [0.05, 0.1) is 16.3 Å². The summed E-state index contributed by atoms with van der Waals surface area (Å²) in [4.78, 5) is 45.5. The molecule has 3 aliphatic heterocycles. The first-order chi connectivity index (χ1) is 21.8. The summed E-state index contributed by atoms with van der Waals surface area (Å²) in [6, 6.07) is 10.7. The van der Waals surface area contributed by atoms with Crippen LogP contribution in [0.1, 0.15) is 61.6 Å². The summed E-state index contributed by atoms with van der Waals surface area (Å²) in [5, 5.41) is 2.63. The highest BCUT2D eigenvalue weighted by molar-refractivity contribution is 6.33. The number of alkyl halides is 3. The van der Waals surface area contributed by atoms with E-state index in [0.717, 1.165) is 30.2 Å². The Morgan fingerprint density at radius 3 is 2.37 bits per heavy atom.